The van der Waals surface area contributed by atoms with E-state index in [4.69, 9.17) is 0 Å². The molecule has 1 heterocycles. The van der Waals surface area contributed by atoms with E-state index in [1.165, 1.54) is 0 Å². The van der Waals surface area contributed by atoms with Crippen molar-refractivity contribution in [3.8, 4) is 11.3 Å². The summed E-state index contributed by atoms with van der Waals surface area (Å²) in [7, 11) is 0. The van der Waals surface area contributed by atoms with Crippen LogP contribution in [0.2, 0.25) is 0 Å². The van der Waals surface area contributed by atoms with Crippen molar-refractivity contribution in [2.75, 3.05) is 0 Å². The third kappa shape index (κ3) is 2.03. The first-order valence-corrected chi connectivity index (χ1v) is 4.53. The Kier molecular flexibility index (Phi) is 2.60. The lowest BCUT2D eigenvalue weighted by Crippen LogP contribution is -2.08. The summed E-state index contributed by atoms with van der Waals surface area (Å²) < 4.78 is 38.0. The fourth-order valence-corrected chi connectivity index (χ4v) is 1.37. The Balaban J connectivity index is 2.58. The molecular formula is C11H7F3N2. The van der Waals surface area contributed by atoms with Gasteiger partial charge in [0.2, 0.25) is 0 Å². The predicted octanol–water partition coefficient (Wildman–Crippen LogP) is 3.16. The van der Waals surface area contributed by atoms with E-state index in [-0.39, 0.29) is 5.69 Å². The SMILES string of the molecule is FC(F)(F)c1ccnnc1-c1ccccc1. The van der Waals surface area contributed by atoms with Crippen LogP contribution in [0.3, 0.4) is 0 Å². The second kappa shape index (κ2) is 3.92. The molecule has 0 unspecified atom stereocenters. The second-order valence-corrected chi connectivity index (χ2v) is 3.16. The van der Waals surface area contributed by atoms with Crippen molar-refractivity contribution >= 4 is 0 Å². The Morgan fingerprint density at radius 1 is 0.938 bits per heavy atom. The highest BCUT2D eigenvalue weighted by atomic mass is 19.4. The zero-order valence-corrected chi connectivity index (χ0v) is 8.07. The van der Waals surface area contributed by atoms with Crippen molar-refractivity contribution in [1.82, 2.24) is 10.2 Å². The maximum atomic E-state index is 12.7. The standard InChI is InChI=1S/C11H7F3N2/c12-11(13,14)9-6-7-15-16-10(9)8-4-2-1-3-5-8/h1-7H. The molecule has 2 rings (SSSR count). The first-order valence-electron chi connectivity index (χ1n) is 4.53. The van der Waals surface area contributed by atoms with E-state index in [1.807, 2.05) is 0 Å². The normalized spacial score (nSPS) is 11.4. The van der Waals surface area contributed by atoms with Gasteiger partial charge in [-0.1, -0.05) is 30.3 Å². The lowest BCUT2D eigenvalue weighted by atomic mass is 10.1. The van der Waals surface area contributed by atoms with E-state index in [2.05, 4.69) is 10.2 Å². The smallest absolute Gasteiger partial charge is 0.166 e. The molecule has 0 aliphatic carbocycles. The summed E-state index contributed by atoms with van der Waals surface area (Å²) in [5.74, 6) is 0. The maximum absolute atomic E-state index is 12.7. The van der Waals surface area contributed by atoms with E-state index in [0.29, 0.717) is 5.56 Å². The number of rotatable bonds is 1. The minimum absolute atomic E-state index is 0.143. The number of alkyl halides is 3. The van der Waals surface area contributed by atoms with E-state index < -0.39 is 11.7 Å². The molecule has 1 aromatic heterocycles. The van der Waals surface area contributed by atoms with Crippen LogP contribution in [0.4, 0.5) is 13.2 Å². The molecule has 0 aliphatic rings. The topological polar surface area (TPSA) is 25.8 Å². The van der Waals surface area contributed by atoms with Gasteiger partial charge < -0.3 is 0 Å². The van der Waals surface area contributed by atoms with Crippen molar-refractivity contribution in [2.45, 2.75) is 6.18 Å². The molecule has 0 saturated heterocycles. The predicted molar refractivity (Wildman–Crippen MR) is 52.5 cm³/mol. The fourth-order valence-electron chi connectivity index (χ4n) is 1.37. The molecule has 0 fully saturated rings. The first kappa shape index (κ1) is 10.6. The van der Waals surface area contributed by atoms with Gasteiger partial charge in [-0.05, 0) is 6.07 Å². The van der Waals surface area contributed by atoms with Crippen molar-refractivity contribution in [3.05, 3.63) is 48.2 Å². The fraction of sp³-hybridized carbons (Fsp3) is 0.0909. The molecule has 0 radical (unpaired) electrons. The van der Waals surface area contributed by atoms with Gasteiger partial charge in [-0.15, -0.1) is 5.10 Å². The Morgan fingerprint density at radius 3 is 2.25 bits per heavy atom. The van der Waals surface area contributed by atoms with Gasteiger partial charge in [-0.25, -0.2) is 0 Å². The zero-order valence-electron chi connectivity index (χ0n) is 8.07. The summed E-state index contributed by atoms with van der Waals surface area (Å²) in [6.07, 6.45) is -3.38. The van der Waals surface area contributed by atoms with Crippen LogP contribution in [0.1, 0.15) is 5.56 Å². The van der Waals surface area contributed by atoms with Gasteiger partial charge in [-0.2, -0.15) is 18.3 Å². The van der Waals surface area contributed by atoms with Gasteiger partial charge in [-0.3, -0.25) is 0 Å². The Hall–Kier alpha value is -1.91. The Morgan fingerprint density at radius 2 is 1.62 bits per heavy atom. The number of nitrogens with zero attached hydrogens (tertiary/aromatic N) is 2. The van der Waals surface area contributed by atoms with Gasteiger partial charge in [0.15, 0.2) is 0 Å². The summed E-state index contributed by atoms with van der Waals surface area (Å²) in [4.78, 5) is 0. The Labute approximate surface area is 89.8 Å². The molecule has 0 atom stereocenters. The lowest BCUT2D eigenvalue weighted by Gasteiger charge is -2.10. The molecule has 0 spiro atoms. The van der Waals surface area contributed by atoms with Crippen molar-refractivity contribution < 1.29 is 13.2 Å². The van der Waals surface area contributed by atoms with Crippen LogP contribution in [0.15, 0.2) is 42.6 Å². The molecule has 0 N–H and O–H groups in total. The van der Waals surface area contributed by atoms with E-state index in [9.17, 15) is 13.2 Å². The van der Waals surface area contributed by atoms with E-state index in [0.717, 1.165) is 12.3 Å². The monoisotopic (exact) mass is 224 g/mol. The van der Waals surface area contributed by atoms with Gasteiger partial charge in [0.05, 0.1) is 11.8 Å². The number of halogens is 3. The number of hydrogen-bond acceptors (Lipinski definition) is 2. The van der Waals surface area contributed by atoms with E-state index >= 15 is 0 Å². The highest BCUT2D eigenvalue weighted by Gasteiger charge is 2.34. The van der Waals surface area contributed by atoms with Crippen molar-refractivity contribution in [3.63, 3.8) is 0 Å². The van der Waals surface area contributed by atoms with Crippen LogP contribution in [-0.4, -0.2) is 10.2 Å². The lowest BCUT2D eigenvalue weighted by molar-refractivity contribution is -0.137. The first-order chi connectivity index (χ1) is 7.59. The highest BCUT2D eigenvalue weighted by molar-refractivity contribution is 5.62. The third-order valence-electron chi connectivity index (χ3n) is 2.07. The number of aromatic nitrogens is 2. The van der Waals surface area contributed by atoms with Crippen molar-refractivity contribution in [2.24, 2.45) is 0 Å². The second-order valence-electron chi connectivity index (χ2n) is 3.16. The number of benzene rings is 1. The average molecular weight is 224 g/mol. The van der Waals surface area contributed by atoms with Gasteiger partial charge >= 0.3 is 6.18 Å². The van der Waals surface area contributed by atoms with Gasteiger partial charge in [0.25, 0.3) is 0 Å². The van der Waals surface area contributed by atoms with E-state index in [1.54, 1.807) is 30.3 Å². The molecule has 2 nitrogen and oxygen atoms in total. The van der Waals surface area contributed by atoms with Crippen LogP contribution >= 0.6 is 0 Å². The maximum Gasteiger partial charge on any atom is 0.418 e. The molecule has 5 heteroatoms. The van der Waals surface area contributed by atoms with Crippen LogP contribution < -0.4 is 0 Å². The van der Waals surface area contributed by atoms with Gasteiger partial charge in [0, 0.05) is 5.56 Å². The zero-order chi connectivity index (χ0) is 11.6. The minimum atomic E-state index is -4.42. The quantitative estimate of drug-likeness (QED) is 0.743. The van der Waals surface area contributed by atoms with Crippen LogP contribution in [0.25, 0.3) is 11.3 Å². The molecule has 0 amide bonds. The number of hydrogen-bond donors (Lipinski definition) is 0. The molecular weight excluding hydrogens is 217 g/mol. The molecule has 82 valence electrons. The molecule has 2 aromatic rings. The molecule has 0 aliphatic heterocycles. The average Bonchev–Trinajstić information content (AvgIpc) is 2.29. The molecule has 1 aromatic carbocycles. The minimum Gasteiger partial charge on any atom is -0.166 e. The Bertz CT molecular complexity index is 480. The molecule has 0 saturated carbocycles. The highest BCUT2D eigenvalue weighted by Crippen LogP contribution is 2.34. The van der Waals surface area contributed by atoms with Crippen LogP contribution in [0.5, 0.6) is 0 Å². The van der Waals surface area contributed by atoms with Crippen molar-refractivity contribution in [1.29, 1.82) is 0 Å². The van der Waals surface area contributed by atoms with Crippen LogP contribution in [0, 0.1) is 0 Å². The third-order valence-corrected chi connectivity index (χ3v) is 2.07. The summed E-state index contributed by atoms with van der Waals surface area (Å²) >= 11 is 0. The van der Waals surface area contributed by atoms with Gasteiger partial charge in [0.1, 0.15) is 5.69 Å². The largest absolute Gasteiger partial charge is 0.418 e. The molecule has 16 heavy (non-hydrogen) atoms. The summed E-state index contributed by atoms with van der Waals surface area (Å²) in [5, 5.41) is 7.03. The summed E-state index contributed by atoms with van der Waals surface area (Å²) in [6.45, 7) is 0. The molecule has 0 bridgehead atoms. The summed E-state index contributed by atoms with van der Waals surface area (Å²) in [6, 6.07) is 9.11. The van der Waals surface area contributed by atoms with Crippen LogP contribution in [-0.2, 0) is 6.18 Å². The summed E-state index contributed by atoms with van der Waals surface area (Å²) in [5.41, 5.74) is -0.507.